The number of benzene rings is 1. The van der Waals surface area contributed by atoms with Crippen molar-refractivity contribution in [2.45, 2.75) is 96.4 Å². The molecule has 28 heavy (non-hydrogen) atoms. The molecule has 0 unspecified atom stereocenters. The van der Waals surface area contributed by atoms with Crippen molar-refractivity contribution in [2.75, 3.05) is 0 Å². The minimum absolute atomic E-state index is 0.184. The van der Waals surface area contributed by atoms with Crippen molar-refractivity contribution in [3.63, 3.8) is 0 Å². The summed E-state index contributed by atoms with van der Waals surface area (Å²) < 4.78 is 3.29. The number of carboxylic acids is 1. The predicted octanol–water partition coefficient (Wildman–Crippen LogP) is 5.60. The first-order valence-corrected chi connectivity index (χ1v) is 12.6. The molecule has 0 radical (unpaired) electrons. The molecule has 4 nitrogen and oxygen atoms in total. The maximum absolute atomic E-state index is 12.3. The van der Waals surface area contributed by atoms with Crippen molar-refractivity contribution in [1.82, 2.24) is 3.56 Å². The number of aliphatic carboxylic acids is 1. The first kappa shape index (κ1) is 23.0. The average molecular weight is 452 g/mol. The van der Waals surface area contributed by atoms with Gasteiger partial charge < -0.3 is 5.11 Å². The Morgan fingerprint density at radius 3 is 1.82 bits per heavy atom. The molecule has 1 aromatic carbocycles. The SMILES string of the molecule is O=C(O)CCCCCCCCCCCCCCCn1[se]c2ccccc2c1=O. The number of unbranched alkanes of at least 4 members (excludes halogenated alkanes) is 12. The van der Waals surface area contributed by atoms with Gasteiger partial charge in [-0.1, -0.05) is 12.8 Å². The topological polar surface area (TPSA) is 59.3 Å². The van der Waals surface area contributed by atoms with Crippen LogP contribution in [-0.2, 0) is 11.3 Å². The van der Waals surface area contributed by atoms with E-state index in [2.05, 4.69) is 9.63 Å². The van der Waals surface area contributed by atoms with Gasteiger partial charge in [0.2, 0.25) is 0 Å². The summed E-state index contributed by atoms with van der Waals surface area (Å²) in [5.74, 6) is -0.670. The van der Waals surface area contributed by atoms with Crippen LogP contribution in [0.1, 0.15) is 89.9 Å². The fraction of sp³-hybridized carbons (Fsp3) is 0.652. The Bertz CT molecular complexity index is 750. The van der Waals surface area contributed by atoms with Gasteiger partial charge in [-0.15, -0.1) is 0 Å². The van der Waals surface area contributed by atoms with Crippen molar-refractivity contribution in [3.05, 3.63) is 34.6 Å². The van der Waals surface area contributed by atoms with Crippen LogP contribution in [0.15, 0.2) is 29.1 Å². The molecule has 1 N–H and O–H groups in total. The molecule has 0 atom stereocenters. The number of carbonyl (C=O) groups is 1. The van der Waals surface area contributed by atoms with Crippen molar-refractivity contribution in [2.24, 2.45) is 0 Å². The number of nitrogens with zero attached hydrogens (tertiary/aromatic N) is 1. The standard InChI is InChI=1S/C23H35NO3Se/c25-22(26)18-12-10-8-6-4-2-1-3-5-7-9-11-15-19-24-23(27)20-16-13-14-17-21(20)28-24/h13-14,16-17H,1-12,15,18-19H2,(H,25,26). The zero-order valence-electron chi connectivity index (χ0n) is 17.0. The van der Waals surface area contributed by atoms with E-state index in [9.17, 15) is 9.59 Å². The van der Waals surface area contributed by atoms with Crippen LogP contribution in [0.4, 0.5) is 0 Å². The summed E-state index contributed by atoms with van der Waals surface area (Å²) in [5, 5.41) is 9.50. The van der Waals surface area contributed by atoms with Crippen LogP contribution in [0.5, 0.6) is 0 Å². The minimum atomic E-state index is -0.670. The second kappa shape index (κ2) is 13.8. The average Bonchev–Trinajstić information content (AvgIpc) is 3.00. The Morgan fingerprint density at radius 2 is 1.29 bits per heavy atom. The second-order valence-corrected chi connectivity index (χ2v) is 9.97. The molecule has 2 aromatic rings. The van der Waals surface area contributed by atoms with Gasteiger partial charge in [0.25, 0.3) is 0 Å². The zero-order valence-corrected chi connectivity index (χ0v) is 18.7. The van der Waals surface area contributed by atoms with Crippen molar-refractivity contribution >= 4 is 30.3 Å². The molecule has 0 amide bonds. The molecule has 0 saturated carbocycles. The maximum atomic E-state index is 12.3. The Balaban J connectivity index is 1.38. The summed E-state index contributed by atoms with van der Waals surface area (Å²) in [6.45, 7) is 0.917. The Hall–Kier alpha value is -1.32. The van der Waals surface area contributed by atoms with Crippen molar-refractivity contribution < 1.29 is 9.90 Å². The monoisotopic (exact) mass is 453 g/mol. The molecule has 0 fully saturated rings. The zero-order chi connectivity index (χ0) is 20.0. The molecule has 0 saturated heterocycles. The molecular weight excluding hydrogens is 417 g/mol. The summed E-state index contributed by atoms with van der Waals surface area (Å²) in [5.41, 5.74) is 0.234. The van der Waals surface area contributed by atoms with Crippen LogP contribution in [0.2, 0.25) is 0 Å². The molecule has 156 valence electrons. The van der Waals surface area contributed by atoms with Gasteiger partial charge in [-0.05, 0) is 6.42 Å². The normalized spacial score (nSPS) is 11.3. The third-order valence-electron chi connectivity index (χ3n) is 5.30. The van der Waals surface area contributed by atoms with Crippen LogP contribution >= 0.6 is 0 Å². The Kier molecular flexibility index (Phi) is 11.3. The molecule has 0 spiro atoms. The van der Waals surface area contributed by atoms with Gasteiger partial charge in [-0.2, -0.15) is 0 Å². The molecule has 2 rings (SSSR count). The molecule has 0 aliphatic carbocycles. The van der Waals surface area contributed by atoms with Gasteiger partial charge >= 0.3 is 139 Å². The number of hydrogen-bond donors (Lipinski definition) is 1. The summed E-state index contributed by atoms with van der Waals surface area (Å²) in [4.78, 5) is 22.7. The number of fused-ring (bicyclic) bond motifs is 1. The van der Waals surface area contributed by atoms with E-state index in [0.717, 1.165) is 31.2 Å². The third-order valence-corrected chi connectivity index (χ3v) is 7.66. The summed E-state index contributed by atoms with van der Waals surface area (Å²) in [6, 6.07) is 8.03. The molecule has 5 heteroatoms. The van der Waals surface area contributed by atoms with Crippen LogP contribution < -0.4 is 5.56 Å². The van der Waals surface area contributed by atoms with E-state index in [0.29, 0.717) is 6.42 Å². The number of aromatic nitrogens is 1. The van der Waals surface area contributed by atoms with Gasteiger partial charge in [-0.3, -0.25) is 4.79 Å². The van der Waals surface area contributed by atoms with Gasteiger partial charge in [0, 0.05) is 6.42 Å². The molecule has 1 heterocycles. The van der Waals surface area contributed by atoms with Crippen LogP contribution in [0.25, 0.3) is 9.65 Å². The summed E-state index contributed by atoms with van der Waals surface area (Å²) >= 11 is 0.184. The van der Waals surface area contributed by atoms with Gasteiger partial charge in [0.05, 0.1) is 0 Å². The summed E-state index contributed by atoms with van der Waals surface area (Å²) in [7, 11) is 0. The third kappa shape index (κ3) is 8.79. The van der Waals surface area contributed by atoms with E-state index in [4.69, 9.17) is 5.11 Å². The van der Waals surface area contributed by atoms with Crippen LogP contribution in [0, 0.1) is 0 Å². The number of hydrogen-bond acceptors (Lipinski definition) is 2. The number of carboxylic acid groups (broad SMARTS) is 1. The fourth-order valence-corrected chi connectivity index (χ4v) is 5.81. The fourth-order valence-electron chi connectivity index (χ4n) is 3.64. The van der Waals surface area contributed by atoms with E-state index < -0.39 is 5.97 Å². The van der Waals surface area contributed by atoms with E-state index in [1.54, 1.807) is 0 Å². The quantitative estimate of drug-likeness (QED) is 0.266. The van der Waals surface area contributed by atoms with Crippen LogP contribution in [0.3, 0.4) is 0 Å². The summed E-state index contributed by atoms with van der Waals surface area (Å²) in [6.07, 6.45) is 16.2. The molecule has 1 aromatic heterocycles. The van der Waals surface area contributed by atoms with Gasteiger partial charge in [-0.25, -0.2) is 0 Å². The van der Waals surface area contributed by atoms with E-state index in [1.165, 1.54) is 68.5 Å². The van der Waals surface area contributed by atoms with E-state index in [1.807, 2.05) is 18.2 Å². The first-order valence-electron chi connectivity index (χ1n) is 11.0. The molecular formula is C23H35NO3Se. The second-order valence-electron chi connectivity index (χ2n) is 7.73. The van der Waals surface area contributed by atoms with E-state index in [-0.39, 0.29) is 20.3 Å². The van der Waals surface area contributed by atoms with Crippen LogP contribution in [-0.4, -0.2) is 29.4 Å². The van der Waals surface area contributed by atoms with Gasteiger partial charge in [0.15, 0.2) is 0 Å². The Labute approximate surface area is 174 Å². The molecule has 0 aliphatic heterocycles. The Morgan fingerprint density at radius 1 is 0.786 bits per heavy atom. The van der Waals surface area contributed by atoms with Crippen molar-refractivity contribution in [1.29, 1.82) is 0 Å². The molecule has 0 aliphatic rings. The number of aryl methyl sites for hydroxylation is 1. The predicted molar refractivity (Wildman–Crippen MR) is 117 cm³/mol. The number of rotatable bonds is 16. The van der Waals surface area contributed by atoms with E-state index >= 15 is 0 Å². The molecule has 0 bridgehead atoms. The van der Waals surface area contributed by atoms with Crippen molar-refractivity contribution in [3.8, 4) is 0 Å². The van der Waals surface area contributed by atoms with Gasteiger partial charge in [0.1, 0.15) is 0 Å². The first-order chi connectivity index (χ1) is 13.7.